The third kappa shape index (κ3) is 2.35. The van der Waals surface area contributed by atoms with Crippen molar-refractivity contribution in [1.82, 2.24) is 9.97 Å². The van der Waals surface area contributed by atoms with Crippen LogP contribution in [0.15, 0.2) is 28.7 Å². The number of nitrogens with zero attached hydrogens (tertiary/aromatic N) is 2. The van der Waals surface area contributed by atoms with Crippen molar-refractivity contribution in [2.75, 3.05) is 0 Å². The molecular formula is C15H16F2N2O. The lowest BCUT2D eigenvalue weighted by molar-refractivity contribution is 0.00790. The van der Waals surface area contributed by atoms with E-state index < -0.39 is 11.7 Å². The van der Waals surface area contributed by atoms with E-state index in [1.165, 1.54) is 0 Å². The van der Waals surface area contributed by atoms with Crippen molar-refractivity contribution in [2.45, 2.75) is 33.6 Å². The Balaban J connectivity index is 0.000000704. The second-order valence-electron chi connectivity index (χ2n) is 4.30. The molecule has 0 unspecified atom stereocenters. The van der Waals surface area contributed by atoms with Crippen molar-refractivity contribution in [3.05, 3.63) is 35.8 Å². The number of benzene rings is 1. The first-order chi connectivity index (χ1) is 9.47. The molecule has 3 nitrogen and oxygen atoms in total. The molecule has 3 rings (SSSR count). The van der Waals surface area contributed by atoms with Gasteiger partial charge >= 0.3 is 5.92 Å². The van der Waals surface area contributed by atoms with Crippen LogP contribution in [0.4, 0.5) is 8.78 Å². The average molecular weight is 278 g/mol. The highest BCUT2D eigenvalue weighted by Gasteiger charge is 2.30. The van der Waals surface area contributed by atoms with Crippen LogP contribution < -0.4 is 0 Å². The standard InChI is InChI=1S/C13H10F2N2O.C2H6/c1-7-11-10(17-12(16-7)13(2,14)15)8-5-3-4-6-9(8)18-11;1-2/h3-6H,1-2H3;1-2H3. The third-order valence-electron chi connectivity index (χ3n) is 2.78. The van der Waals surface area contributed by atoms with Crippen molar-refractivity contribution in [3.8, 4) is 0 Å². The van der Waals surface area contributed by atoms with Crippen molar-refractivity contribution in [3.63, 3.8) is 0 Å². The molecule has 3 aromatic rings. The molecule has 106 valence electrons. The summed E-state index contributed by atoms with van der Waals surface area (Å²) >= 11 is 0. The van der Waals surface area contributed by atoms with Gasteiger partial charge in [0, 0.05) is 12.3 Å². The van der Waals surface area contributed by atoms with Crippen LogP contribution in [0.3, 0.4) is 0 Å². The zero-order valence-electron chi connectivity index (χ0n) is 11.9. The van der Waals surface area contributed by atoms with Gasteiger partial charge < -0.3 is 4.42 Å². The highest BCUT2D eigenvalue weighted by Crippen LogP contribution is 2.31. The van der Waals surface area contributed by atoms with E-state index in [9.17, 15) is 8.78 Å². The number of halogens is 2. The van der Waals surface area contributed by atoms with Crippen LogP contribution in [0.1, 0.15) is 32.3 Å². The largest absolute Gasteiger partial charge is 0.452 e. The summed E-state index contributed by atoms with van der Waals surface area (Å²) in [7, 11) is 0. The van der Waals surface area contributed by atoms with Crippen LogP contribution in [-0.4, -0.2) is 9.97 Å². The highest BCUT2D eigenvalue weighted by atomic mass is 19.3. The predicted octanol–water partition coefficient (Wildman–Crippen LogP) is 4.82. The first kappa shape index (κ1) is 14.4. The average Bonchev–Trinajstić information content (AvgIpc) is 2.80. The van der Waals surface area contributed by atoms with Gasteiger partial charge in [0.2, 0.25) is 0 Å². The minimum Gasteiger partial charge on any atom is -0.452 e. The monoisotopic (exact) mass is 278 g/mol. The van der Waals surface area contributed by atoms with Gasteiger partial charge in [-0.15, -0.1) is 0 Å². The fraction of sp³-hybridized carbons (Fsp3) is 0.333. The van der Waals surface area contributed by atoms with Crippen LogP contribution in [-0.2, 0) is 5.92 Å². The molecule has 0 N–H and O–H groups in total. The maximum atomic E-state index is 13.3. The minimum absolute atomic E-state index is 0.424. The Morgan fingerprint density at radius 3 is 2.40 bits per heavy atom. The molecule has 1 aromatic carbocycles. The van der Waals surface area contributed by atoms with Gasteiger partial charge in [-0.1, -0.05) is 26.0 Å². The van der Waals surface area contributed by atoms with Gasteiger partial charge in [0.05, 0.1) is 5.69 Å². The summed E-state index contributed by atoms with van der Waals surface area (Å²) in [5.41, 5.74) is 1.95. The number of para-hydroxylation sites is 1. The molecule has 0 amide bonds. The molecule has 0 fully saturated rings. The van der Waals surface area contributed by atoms with Crippen molar-refractivity contribution in [2.24, 2.45) is 0 Å². The van der Waals surface area contributed by atoms with Gasteiger partial charge in [-0.05, 0) is 19.1 Å². The summed E-state index contributed by atoms with van der Waals surface area (Å²) < 4.78 is 32.2. The minimum atomic E-state index is -3.06. The van der Waals surface area contributed by atoms with E-state index in [0.717, 1.165) is 12.3 Å². The van der Waals surface area contributed by atoms with E-state index >= 15 is 0 Å². The Labute approximate surface area is 115 Å². The number of fused-ring (bicyclic) bond motifs is 3. The van der Waals surface area contributed by atoms with E-state index in [2.05, 4.69) is 9.97 Å². The lowest BCUT2D eigenvalue weighted by Gasteiger charge is -2.08. The summed E-state index contributed by atoms with van der Waals surface area (Å²) in [6.45, 7) is 6.43. The van der Waals surface area contributed by atoms with Gasteiger partial charge in [0.15, 0.2) is 11.4 Å². The maximum absolute atomic E-state index is 13.3. The Hall–Kier alpha value is -2.04. The molecule has 0 atom stereocenters. The zero-order valence-corrected chi connectivity index (χ0v) is 11.9. The molecule has 0 bridgehead atoms. The Bertz CT molecular complexity index is 745. The number of aromatic nitrogens is 2. The Morgan fingerprint density at radius 2 is 1.75 bits per heavy atom. The van der Waals surface area contributed by atoms with Crippen molar-refractivity contribution >= 4 is 22.1 Å². The van der Waals surface area contributed by atoms with Crippen LogP contribution in [0.25, 0.3) is 22.1 Å². The fourth-order valence-electron chi connectivity index (χ4n) is 1.92. The third-order valence-corrected chi connectivity index (χ3v) is 2.78. The van der Waals surface area contributed by atoms with E-state index in [4.69, 9.17) is 4.42 Å². The number of alkyl halides is 2. The maximum Gasteiger partial charge on any atom is 0.303 e. The van der Waals surface area contributed by atoms with Crippen LogP contribution >= 0.6 is 0 Å². The topological polar surface area (TPSA) is 38.9 Å². The number of aryl methyl sites for hydroxylation is 1. The molecule has 0 saturated carbocycles. The molecule has 0 aliphatic rings. The quantitative estimate of drug-likeness (QED) is 0.640. The van der Waals surface area contributed by atoms with Gasteiger partial charge in [-0.3, -0.25) is 0 Å². The molecule has 0 aliphatic heterocycles. The molecular weight excluding hydrogens is 262 g/mol. The lowest BCUT2D eigenvalue weighted by atomic mass is 10.2. The van der Waals surface area contributed by atoms with E-state index in [1.807, 2.05) is 26.0 Å². The van der Waals surface area contributed by atoms with Gasteiger partial charge in [0.25, 0.3) is 0 Å². The summed E-state index contributed by atoms with van der Waals surface area (Å²) in [5.74, 6) is -3.53. The zero-order chi connectivity index (χ0) is 14.9. The molecule has 0 saturated heterocycles. The molecule has 0 spiro atoms. The first-order valence-electron chi connectivity index (χ1n) is 6.51. The second-order valence-corrected chi connectivity index (χ2v) is 4.30. The molecule has 2 aromatic heterocycles. The SMILES string of the molecule is CC.Cc1nc(C(C)(F)F)nc2c1oc1ccccc12. The summed E-state index contributed by atoms with van der Waals surface area (Å²) in [6.07, 6.45) is 0. The van der Waals surface area contributed by atoms with Crippen LogP contribution in [0.2, 0.25) is 0 Å². The summed E-state index contributed by atoms with van der Waals surface area (Å²) in [4.78, 5) is 7.75. The number of hydrogen-bond donors (Lipinski definition) is 0. The molecule has 0 radical (unpaired) electrons. The van der Waals surface area contributed by atoms with Gasteiger partial charge in [-0.2, -0.15) is 8.78 Å². The number of furan rings is 1. The van der Waals surface area contributed by atoms with Gasteiger partial charge in [0.1, 0.15) is 11.1 Å². The fourth-order valence-corrected chi connectivity index (χ4v) is 1.92. The molecule has 20 heavy (non-hydrogen) atoms. The lowest BCUT2D eigenvalue weighted by Crippen LogP contribution is -2.13. The Kier molecular flexibility index (Phi) is 3.70. The summed E-state index contributed by atoms with van der Waals surface area (Å²) in [6, 6.07) is 7.21. The number of hydrogen-bond acceptors (Lipinski definition) is 3. The normalized spacial score (nSPS) is 11.5. The smallest absolute Gasteiger partial charge is 0.303 e. The molecule has 2 heterocycles. The molecule has 5 heteroatoms. The van der Waals surface area contributed by atoms with E-state index in [1.54, 1.807) is 19.1 Å². The van der Waals surface area contributed by atoms with E-state index in [0.29, 0.717) is 22.4 Å². The highest BCUT2D eigenvalue weighted by molar-refractivity contribution is 6.02. The van der Waals surface area contributed by atoms with Gasteiger partial charge in [-0.25, -0.2) is 9.97 Å². The first-order valence-corrected chi connectivity index (χ1v) is 6.51. The van der Waals surface area contributed by atoms with E-state index in [-0.39, 0.29) is 0 Å². The number of rotatable bonds is 1. The van der Waals surface area contributed by atoms with Crippen LogP contribution in [0, 0.1) is 6.92 Å². The predicted molar refractivity (Wildman–Crippen MR) is 75.0 cm³/mol. The second kappa shape index (κ2) is 5.15. The van der Waals surface area contributed by atoms with Crippen molar-refractivity contribution < 1.29 is 13.2 Å². The van der Waals surface area contributed by atoms with Crippen LogP contribution in [0.5, 0.6) is 0 Å². The summed E-state index contributed by atoms with van der Waals surface area (Å²) in [5, 5.41) is 0.725. The Morgan fingerprint density at radius 1 is 1.10 bits per heavy atom. The van der Waals surface area contributed by atoms with Crippen molar-refractivity contribution in [1.29, 1.82) is 0 Å². The molecule has 0 aliphatic carbocycles.